The van der Waals surface area contributed by atoms with Crippen LogP contribution in [-0.2, 0) is 10.8 Å². The Labute approximate surface area is 430 Å². The van der Waals surface area contributed by atoms with Crippen molar-refractivity contribution in [3.05, 3.63) is 324 Å². The third-order valence-electron chi connectivity index (χ3n) is 16.8. The molecular formula is C72H46N2. The molecule has 1 aliphatic heterocycles. The number of rotatable bonds is 6. The molecule has 74 heavy (non-hydrogen) atoms. The number of aromatic nitrogens is 1. The summed E-state index contributed by atoms with van der Waals surface area (Å²) in [5.74, 6) is 0. The van der Waals surface area contributed by atoms with Crippen LogP contribution in [0.2, 0.25) is 0 Å². The normalized spacial score (nSPS) is 15.2. The van der Waals surface area contributed by atoms with Crippen molar-refractivity contribution >= 4 is 49.6 Å². The van der Waals surface area contributed by atoms with Gasteiger partial charge in [0.15, 0.2) is 0 Å². The maximum absolute atomic E-state index is 2.52. The largest absolute Gasteiger partial charge is 0.310 e. The Morgan fingerprint density at radius 3 is 1.54 bits per heavy atom. The number of benzene rings is 12. The number of nitrogens with zero attached hydrogens (tertiary/aromatic N) is 2. The maximum Gasteiger partial charge on any atom is 0.0754 e. The zero-order chi connectivity index (χ0) is 48.5. The Morgan fingerprint density at radius 2 is 0.784 bits per heavy atom. The highest BCUT2D eigenvalue weighted by Gasteiger charge is 2.51. The van der Waals surface area contributed by atoms with Crippen molar-refractivity contribution in [3.8, 4) is 39.1 Å². The number of anilines is 3. The van der Waals surface area contributed by atoms with E-state index in [9.17, 15) is 0 Å². The first-order chi connectivity index (χ1) is 36.7. The minimum Gasteiger partial charge on any atom is -0.310 e. The summed E-state index contributed by atoms with van der Waals surface area (Å²) < 4.78 is 2.52. The monoisotopic (exact) mass is 938 g/mol. The molecule has 1 aromatic heterocycles. The van der Waals surface area contributed by atoms with Gasteiger partial charge in [-0.25, -0.2) is 0 Å². The van der Waals surface area contributed by atoms with E-state index < -0.39 is 10.8 Å². The second-order valence-corrected chi connectivity index (χ2v) is 20.3. The molecule has 1 unspecified atom stereocenters. The van der Waals surface area contributed by atoms with Crippen LogP contribution in [0.3, 0.4) is 0 Å². The molecule has 13 aromatic rings. The third-order valence-corrected chi connectivity index (χ3v) is 16.8. The van der Waals surface area contributed by atoms with Crippen LogP contribution < -0.4 is 4.90 Å². The van der Waals surface area contributed by atoms with Gasteiger partial charge >= 0.3 is 0 Å². The molecule has 2 heteroatoms. The second-order valence-electron chi connectivity index (χ2n) is 20.3. The predicted octanol–water partition coefficient (Wildman–Crippen LogP) is 18.1. The number of fused-ring (bicyclic) bond motifs is 16. The minimum atomic E-state index is -0.503. The molecule has 16 rings (SSSR count). The summed E-state index contributed by atoms with van der Waals surface area (Å²) in [6.45, 7) is 0. The predicted molar refractivity (Wildman–Crippen MR) is 307 cm³/mol. The van der Waals surface area contributed by atoms with Gasteiger partial charge in [-0.3, -0.25) is 0 Å². The molecule has 12 aromatic carbocycles. The summed E-state index contributed by atoms with van der Waals surface area (Å²) in [4.78, 5) is 2.43. The molecule has 0 radical (unpaired) electrons. The number of hydrogen-bond acceptors (Lipinski definition) is 1. The molecule has 0 saturated carbocycles. The molecule has 344 valence electrons. The Balaban J connectivity index is 0.845. The van der Waals surface area contributed by atoms with E-state index in [1.165, 1.54) is 116 Å². The van der Waals surface area contributed by atoms with Gasteiger partial charge in [-0.1, -0.05) is 218 Å². The van der Waals surface area contributed by atoms with E-state index in [-0.39, 0.29) is 0 Å². The smallest absolute Gasteiger partial charge is 0.0754 e. The van der Waals surface area contributed by atoms with Gasteiger partial charge < -0.3 is 9.47 Å². The molecule has 0 fully saturated rings. The van der Waals surface area contributed by atoms with Gasteiger partial charge in [0.05, 0.1) is 27.6 Å². The first-order valence-electron chi connectivity index (χ1n) is 25.8. The van der Waals surface area contributed by atoms with Crippen LogP contribution in [0.5, 0.6) is 0 Å². The summed E-state index contributed by atoms with van der Waals surface area (Å²) in [5, 5.41) is 4.97. The zero-order valence-corrected chi connectivity index (χ0v) is 40.5. The van der Waals surface area contributed by atoms with E-state index in [1.54, 1.807) is 0 Å². The average Bonchev–Trinajstić information content (AvgIpc) is 4.14. The zero-order valence-electron chi connectivity index (χ0n) is 40.5. The van der Waals surface area contributed by atoms with Gasteiger partial charge in [-0.2, -0.15) is 0 Å². The summed E-state index contributed by atoms with van der Waals surface area (Å²) in [6.07, 6.45) is 0. The van der Waals surface area contributed by atoms with Gasteiger partial charge in [0.25, 0.3) is 0 Å². The highest BCUT2D eigenvalue weighted by Crippen LogP contribution is 2.62. The van der Waals surface area contributed by atoms with Gasteiger partial charge in [-0.15, -0.1) is 0 Å². The lowest BCUT2D eigenvalue weighted by atomic mass is 9.65. The van der Waals surface area contributed by atoms with Crippen LogP contribution in [0, 0.1) is 0 Å². The Morgan fingerprint density at radius 1 is 0.284 bits per heavy atom. The molecule has 3 aliphatic rings. The van der Waals surface area contributed by atoms with Gasteiger partial charge in [0, 0.05) is 27.8 Å². The maximum atomic E-state index is 2.52. The second kappa shape index (κ2) is 15.5. The van der Waals surface area contributed by atoms with Crippen LogP contribution >= 0.6 is 0 Å². The van der Waals surface area contributed by atoms with E-state index in [1.807, 2.05) is 0 Å². The van der Waals surface area contributed by atoms with Gasteiger partial charge in [0.2, 0.25) is 0 Å². The highest BCUT2D eigenvalue weighted by molar-refractivity contribution is 6.13. The molecule has 0 saturated heterocycles. The van der Waals surface area contributed by atoms with E-state index in [4.69, 9.17) is 0 Å². The fraction of sp³-hybridized carbons (Fsp3) is 0.0278. The van der Waals surface area contributed by atoms with Crippen molar-refractivity contribution in [2.45, 2.75) is 10.8 Å². The fourth-order valence-corrected chi connectivity index (χ4v) is 13.9. The standard InChI is InChI=1S/C72H46N2/c1-4-19-51(20-5-1)71(52-21-6-2-7-22-52)62-29-13-10-25-56(62)59-42-40-55(46-67(59)71)73(53-23-8-3-9-24-53)54-39-37-48-43-47(35-36-49(48)44-54)50-38-41-58-57-26-11-14-30-63(57)72(66(58)45-50)64-31-15-17-34-69(64)74-68-33-16-12-27-60(68)61-28-18-32-65(72)70(61)74/h1-46H. The van der Waals surface area contributed by atoms with E-state index in [2.05, 4.69) is 289 Å². The van der Waals surface area contributed by atoms with Crippen LogP contribution in [0.4, 0.5) is 17.1 Å². The van der Waals surface area contributed by atoms with E-state index in [0.29, 0.717) is 0 Å². The van der Waals surface area contributed by atoms with E-state index >= 15 is 0 Å². The topological polar surface area (TPSA) is 8.17 Å². The molecule has 2 aliphatic carbocycles. The minimum absolute atomic E-state index is 0.500. The summed E-state index contributed by atoms with van der Waals surface area (Å²) in [6, 6.07) is 104. The molecule has 0 amide bonds. The summed E-state index contributed by atoms with van der Waals surface area (Å²) in [7, 11) is 0. The first-order valence-corrected chi connectivity index (χ1v) is 25.8. The molecule has 0 N–H and O–H groups in total. The lowest BCUT2D eigenvalue weighted by molar-refractivity contribution is 0.749. The molecule has 2 heterocycles. The van der Waals surface area contributed by atoms with Crippen molar-refractivity contribution in [2.75, 3.05) is 4.90 Å². The quantitative estimate of drug-likeness (QED) is 0.161. The third kappa shape index (κ3) is 5.44. The van der Waals surface area contributed by atoms with Gasteiger partial charge in [-0.05, 0) is 149 Å². The number of para-hydroxylation sites is 4. The van der Waals surface area contributed by atoms with Crippen molar-refractivity contribution in [1.82, 2.24) is 4.57 Å². The van der Waals surface area contributed by atoms with Crippen LogP contribution in [0.1, 0.15) is 44.5 Å². The molecular weight excluding hydrogens is 893 g/mol. The van der Waals surface area contributed by atoms with Gasteiger partial charge in [0.1, 0.15) is 0 Å². The van der Waals surface area contributed by atoms with Crippen LogP contribution in [0.25, 0.3) is 71.6 Å². The highest BCUT2D eigenvalue weighted by atomic mass is 15.1. The van der Waals surface area contributed by atoms with Crippen molar-refractivity contribution < 1.29 is 0 Å². The molecule has 0 bridgehead atoms. The Bertz CT molecular complexity index is 4390. The van der Waals surface area contributed by atoms with Crippen molar-refractivity contribution in [1.29, 1.82) is 0 Å². The summed E-state index contributed by atoms with van der Waals surface area (Å²) >= 11 is 0. The molecule has 2 nitrogen and oxygen atoms in total. The first kappa shape index (κ1) is 41.2. The van der Waals surface area contributed by atoms with Crippen molar-refractivity contribution in [3.63, 3.8) is 0 Å². The van der Waals surface area contributed by atoms with E-state index in [0.717, 1.165) is 17.1 Å². The lowest BCUT2D eigenvalue weighted by Gasteiger charge is -2.39. The van der Waals surface area contributed by atoms with Crippen LogP contribution in [-0.4, -0.2) is 4.57 Å². The molecule has 1 spiro atoms. The fourth-order valence-electron chi connectivity index (χ4n) is 13.9. The Hall–Kier alpha value is -9.50. The average molecular weight is 939 g/mol. The number of hydrogen-bond donors (Lipinski definition) is 0. The SMILES string of the molecule is c1ccc(N(c2ccc3c(c2)C(c2ccccc2)(c2ccccc2)c2ccccc2-3)c2ccc3cc(-c4ccc5c(c4)C4(c6ccccc6-5)c5ccccc5-n5c6ccccc6c6cccc4c65)ccc3c2)cc1. The van der Waals surface area contributed by atoms with Crippen LogP contribution in [0.15, 0.2) is 279 Å². The van der Waals surface area contributed by atoms with Crippen molar-refractivity contribution in [2.24, 2.45) is 0 Å². The summed E-state index contributed by atoms with van der Waals surface area (Å²) in [5.41, 5.74) is 24.1. The molecule has 1 atom stereocenters. The Kier molecular flexibility index (Phi) is 8.62. The lowest BCUT2D eigenvalue weighted by Crippen LogP contribution is -2.33.